The van der Waals surface area contributed by atoms with Crippen LogP contribution in [0, 0.1) is 0 Å². The molecular weight excluding hydrogens is 733 g/mol. The van der Waals surface area contributed by atoms with Gasteiger partial charge in [0.2, 0.25) is 0 Å². The number of carbonyl (C=O) groups excluding carboxylic acids is 2. The van der Waals surface area contributed by atoms with E-state index in [4.69, 9.17) is 24.8 Å². The highest BCUT2D eigenvalue weighted by Gasteiger charge is 2.28. The zero-order valence-electron chi connectivity index (χ0n) is 35.0. The van der Waals surface area contributed by atoms with E-state index >= 15 is 0 Å². The maximum atomic E-state index is 12.6. The summed E-state index contributed by atoms with van der Waals surface area (Å²) in [6.45, 7) is 2.74. The lowest BCUT2D eigenvalue weighted by atomic mass is 10.0. The molecule has 0 saturated carbocycles. The number of aliphatic carboxylic acids is 1. The van der Waals surface area contributed by atoms with E-state index in [-0.39, 0.29) is 19.4 Å². The van der Waals surface area contributed by atoms with Crippen LogP contribution >= 0.6 is 7.82 Å². The van der Waals surface area contributed by atoms with Gasteiger partial charge in [0.05, 0.1) is 13.2 Å². The first-order valence-electron chi connectivity index (χ1n) is 21.7. The van der Waals surface area contributed by atoms with E-state index in [1.165, 1.54) is 83.5 Å². The van der Waals surface area contributed by atoms with Crippen LogP contribution in [0.15, 0.2) is 48.6 Å². The minimum atomic E-state index is -4.72. The molecule has 0 rings (SSSR count). The molecule has 0 spiro atoms. The number of nitrogens with two attached hydrogens (primary N) is 1. The molecule has 0 saturated heterocycles. The van der Waals surface area contributed by atoms with Crippen molar-refractivity contribution in [2.24, 2.45) is 5.73 Å². The van der Waals surface area contributed by atoms with Gasteiger partial charge in [-0.15, -0.1) is 0 Å². The van der Waals surface area contributed by atoms with Crippen molar-refractivity contribution in [1.82, 2.24) is 0 Å². The Bertz CT molecular complexity index is 1140. The van der Waals surface area contributed by atoms with Gasteiger partial charge in [-0.25, -0.2) is 4.57 Å². The molecule has 0 aromatic rings. The lowest BCUT2D eigenvalue weighted by molar-refractivity contribution is -0.161. The summed E-state index contributed by atoms with van der Waals surface area (Å²) in [5.41, 5.74) is 5.33. The second-order valence-corrected chi connectivity index (χ2v) is 15.9. The number of ether oxygens (including phenoxy) is 2. The van der Waals surface area contributed by atoms with E-state index in [0.29, 0.717) is 12.8 Å². The molecule has 0 fully saturated rings. The summed E-state index contributed by atoms with van der Waals surface area (Å²) < 4.78 is 32.6. The van der Waals surface area contributed by atoms with Gasteiger partial charge in [0, 0.05) is 12.8 Å². The van der Waals surface area contributed by atoms with Crippen molar-refractivity contribution in [3.05, 3.63) is 48.6 Å². The molecule has 1 unspecified atom stereocenters. The summed E-state index contributed by atoms with van der Waals surface area (Å²) in [4.78, 5) is 45.9. The Morgan fingerprint density at radius 3 is 1.45 bits per heavy atom. The fourth-order valence-electron chi connectivity index (χ4n) is 5.64. The minimum Gasteiger partial charge on any atom is -0.480 e. The fraction of sp³-hybridized carbons (Fsp3) is 0.750. The Morgan fingerprint density at radius 2 is 0.946 bits per heavy atom. The Balaban J connectivity index is 4.43. The molecule has 0 aliphatic rings. The van der Waals surface area contributed by atoms with Crippen molar-refractivity contribution in [3.63, 3.8) is 0 Å². The van der Waals surface area contributed by atoms with Crippen LogP contribution in [0.5, 0.6) is 0 Å². The van der Waals surface area contributed by atoms with E-state index in [1.807, 2.05) is 0 Å². The van der Waals surface area contributed by atoms with Crippen LogP contribution in [-0.4, -0.2) is 59.9 Å². The van der Waals surface area contributed by atoms with Gasteiger partial charge in [-0.1, -0.05) is 159 Å². The van der Waals surface area contributed by atoms with Crippen LogP contribution < -0.4 is 5.73 Å². The van der Waals surface area contributed by atoms with E-state index in [9.17, 15) is 23.8 Å². The fourth-order valence-corrected chi connectivity index (χ4v) is 6.41. The van der Waals surface area contributed by atoms with Crippen LogP contribution in [0.2, 0.25) is 0 Å². The Kier molecular flexibility index (Phi) is 37.5. The molecule has 0 aromatic carbocycles. The number of unbranched alkanes of at least 4 members (excludes halogenated alkanes) is 18. The number of carbonyl (C=O) groups is 3. The molecule has 0 bridgehead atoms. The minimum absolute atomic E-state index is 0.124. The third-order valence-corrected chi connectivity index (χ3v) is 10.0. The SMILES string of the molecule is CCCCC/C=C/C/C=C/C/C=C/C/C=C/CCCCCC(=O)O[C@@H](COC(=O)CCCCCCCCCCCCCCC)COP(=O)(O)OC[C@H](N)C(=O)O. The molecule has 0 aliphatic carbocycles. The molecular formula is C44H78NO10P. The third-order valence-electron chi connectivity index (χ3n) is 9.08. The number of hydrogen-bond donors (Lipinski definition) is 3. The first-order valence-corrected chi connectivity index (χ1v) is 23.2. The second kappa shape index (κ2) is 39.3. The standard InChI is InChI=1S/C44H78NO10P/c1-3-5-7-9-11-13-15-17-18-19-20-21-22-24-26-28-30-32-34-36-43(47)55-40(38-53-56(50,51)54-39-41(45)44(48)49)37-52-42(46)35-33-31-29-27-25-23-16-14-12-10-8-6-4-2/h11,13,17-18,20-21,24,26,40-41H,3-10,12,14-16,19,22-23,25,27-39,45H2,1-2H3,(H,48,49)(H,50,51)/b13-11+,18-17+,21-20+,26-24+/t40-,41-/m0/s1. The average molecular weight is 812 g/mol. The average Bonchev–Trinajstić information content (AvgIpc) is 3.17. The molecule has 3 atom stereocenters. The number of carboxylic acid groups (broad SMARTS) is 1. The van der Waals surface area contributed by atoms with Crippen molar-refractivity contribution in [2.45, 2.75) is 193 Å². The van der Waals surface area contributed by atoms with Gasteiger partial charge in [-0.2, -0.15) is 0 Å². The summed E-state index contributed by atoms with van der Waals surface area (Å²) >= 11 is 0. The van der Waals surface area contributed by atoms with Gasteiger partial charge < -0.3 is 25.2 Å². The van der Waals surface area contributed by atoms with Crippen molar-refractivity contribution >= 4 is 25.7 Å². The third kappa shape index (κ3) is 38.3. The first kappa shape index (κ1) is 53.4. The molecule has 11 nitrogen and oxygen atoms in total. The van der Waals surface area contributed by atoms with Crippen molar-refractivity contribution in [2.75, 3.05) is 19.8 Å². The number of carboxylic acids is 1. The smallest absolute Gasteiger partial charge is 0.472 e. The summed E-state index contributed by atoms with van der Waals surface area (Å²) in [6, 6.07) is -1.53. The Morgan fingerprint density at radius 1 is 0.554 bits per heavy atom. The molecule has 12 heteroatoms. The zero-order valence-corrected chi connectivity index (χ0v) is 35.9. The van der Waals surface area contributed by atoms with Crippen molar-refractivity contribution in [1.29, 1.82) is 0 Å². The summed E-state index contributed by atoms with van der Waals surface area (Å²) in [5.74, 6) is -2.42. The number of phosphoric acid groups is 1. The zero-order chi connectivity index (χ0) is 41.4. The van der Waals surface area contributed by atoms with Crippen LogP contribution in [0.3, 0.4) is 0 Å². The predicted molar refractivity (Wildman–Crippen MR) is 226 cm³/mol. The van der Waals surface area contributed by atoms with Gasteiger partial charge in [0.25, 0.3) is 0 Å². The summed E-state index contributed by atoms with van der Waals surface area (Å²) in [5, 5.41) is 8.88. The van der Waals surface area contributed by atoms with Crippen LogP contribution in [0.1, 0.15) is 181 Å². The summed E-state index contributed by atoms with van der Waals surface area (Å²) in [7, 11) is -4.72. The van der Waals surface area contributed by atoms with Crippen molar-refractivity contribution in [3.8, 4) is 0 Å². The Labute approximate surface area is 339 Å². The highest BCUT2D eigenvalue weighted by atomic mass is 31.2. The normalized spacial score (nSPS) is 14.2. The topological polar surface area (TPSA) is 172 Å². The van der Waals surface area contributed by atoms with Gasteiger partial charge >= 0.3 is 25.7 Å². The van der Waals surface area contributed by atoms with Crippen LogP contribution in [-0.2, 0) is 37.5 Å². The number of esters is 2. The molecule has 0 amide bonds. The molecule has 0 radical (unpaired) electrons. The maximum absolute atomic E-state index is 12.6. The first-order chi connectivity index (χ1) is 27.1. The molecule has 4 N–H and O–H groups in total. The van der Waals surface area contributed by atoms with Gasteiger partial charge in [-0.05, 0) is 57.8 Å². The number of hydrogen-bond acceptors (Lipinski definition) is 9. The molecule has 324 valence electrons. The van der Waals surface area contributed by atoms with Crippen molar-refractivity contribution < 1.29 is 47.5 Å². The highest BCUT2D eigenvalue weighted by molar-refractivity contribution is 7.47. The molecule has 0 aromatic heterocycles. The lowest BCUT2D eigenvalue weighted by Crippen LogP contribution is -2.34. The quantitative estimate of drug-likeness (QED) is 0.0233. The van der Waals surface area contributed by atoms with Gasteiger partial charge in [-0.3, -0.25) is 23.4 Å². The highest BCUT2D eigenvalue weighted by Crippen LogP contribution is 2.43. The van der Waals surface area contributed by atoms with Crippen LogP contribution in [0.4, 0.5) is 0 Å². The molecule has 0 heterocycles. The molecule has 56 heavy (non-hydrogen) atoms. The monoisotopic (exact) mass is 812 g/mol. The number of phosphoric ester groups is 1. The van der Waals surface area contributed by atoms with Crippen LogP contribution in [0.25, 0.3) is 0 Å². The largest absolute Gasteiger partial charge is 0.480 e. The van der Waals surface area contributed by atoms with E-state index in [1.54, 1.807) is 0 Å². The van der Waals surface area contributed by atoms with Gasteiger partial charge in [0.1, 0.15) is 12.6 Å². The summed E-state index contributed by atoms with van der Waals surface area (Å²) in [6.07, 6.45) is 43.1. The lowest BCUT2D eigenvalue weighted by Gasteiger charge is -2.20. The van der Waals surface area contributed by atoms with E-state index in [0.717, 1.165) is 57.8 Å². The second-order valence-electron chi connectivity index (χ2n) is 14.5. The predicted octanol–water partition coefficient (Wildman–Crippen LogP) is 11.4. The van der Waals surface area contributed by atoms with E-state index in [2.05, 4.69) is 67.0 Å². The number of allylic oxidation sites excluding steroid dienone is 8. The molecule has 0 aliphatic heterocycles. The number of rotatable bonds is 40. The maximum Gasteiger partial charge on any atom is 0.472 e. The van der Waals surface area contributed by atoms with E-state index < -0.39 is 51.1 Å². The Hall–Kier alpha value is -2.56. The van der Waals surface area contributed by atoms with Gasteiger partial charge in [0.15, 0.2) is 6.10 Å².